The average Bonchev–Trinajstić information content (AvgIpc) is 2.78. The van der Waals surface area contributed by atoms with Crippen molar-refractivity contribution in [1.29, 1.82) is 0 Å². The number of aryl methyl sites for hydroxylation is 1. The Bertz CT molecular complexity index is 1120. The number of esters is 2. The molecule has 1 aromatic heterocycles. The van der Waals surface area contributed by atoms with Gasteiger partial charge in [-0.05, 0) is 38.7 Å². The van der Waals surface area contributed by atoms with Crippen LogP contribution in [-0.2, 0) is 20.7 Å². The monoisotopic (exact) mass is 446 g/mol. The van der Waals surface area contributed by atoms with E-state index in [4.69, 9.17) is 9.47 Å². The van der Waals surface area contributed by atoms with Crippen LogP contribution in [-0.4, -0.2) is 47.6 Å². The number of carbonyl (C=O) groups is 2. The van der Waals surface area contributed by atoms with Crippen molar-refractivity contribution in [3.8, 4) is 0 Å². The predicted molar refractivity (Wildman–Crippen MR) is 115 cm³/mol. The Hall–Kier alpha value is -2.94. The number of anilines is 1. The van der Waals surface area contributed by atoms with Crippen molar-refractivity contribution in [3.05, 3.63) is 39.4 Å². The number of aliphatic hydroxyl groups is 1. The van der Waals surface area contributed by atoms with Crippen LogP contribution in [0.5, 0.6) is 0 Å². The topological polar surface area (TPSA) is 98.1 Å². The van der Waals surface area contributed by atoms with E-state index in [9.17, 15) is 19.5 Å². The number of halogens is 1. The van der Waals surface area contributed by atoms with Gasteiger partial charge in [-0.2, -0.15) is 0 Å². The second-order valence-electron chi connectivity index (χ2n) is 8.39. The number of aromatic nitrogens is 1. The predicted octanol–water partition coefficient (Wildman–Crippen LogP) is 2.68. The number of hydrogen-bond acceptors (Lipinski definition) is 7. The van der Waals surface area contributed by atoms with E-state index >= 15 is 4.39 Å². The summed E-state index contributed by atoms with van der Waals surface area (Å²) < 4.78 is 26.9. The molecule has 8 nitrogen and oxygen atoms in total. The molecule has 1 atom stereocenters. The third-order valence-corrected chi connectivity index (χ3v) is 6.33. The molecule has 0 amide bonds. The summed E-state index contributed by atoms with van der Waals surface area (Å²) in [7, 11) is 0. The van der Waals surface area contributed by atoms with Crippen LogP contribution in [0.3, 0.4) is 0 Å². The number of aliphatic hydroxyl groups excluding tert-OH is 1. The molecule has 32 heavy (non-hydrogen) atoms. The SMILES string of the molecule is CCC(=O)OCOC(=O)c1cn2c3c(c(N4CCC(O)CC4)c(F)cc3c1=O)CC[C@@H]2C. The van der Waals surface area contributed by atoms with Gasteiger partial charge in [0.25, 0.3) is 0 Å². The first-order valence-corrected chi connectivity index (χ1v) is 11.0. The molecule has 1 N–H and O–H groups in total. The van der Waals surface area contributed by atoms with Crippen molar-refractivity contribution < 1.29 is 28.6 Å². The minimum atomic E-state index is -0.918. The second kappa shape index (κ2) is 8.90. The van der Waals surface area contributed by atoms with Crippen LogP contribution >= 0.6 is 0 Å². The average molecular weight is 446 g/mol. The molecule has 9 heteroatoms. The number of hydrogen-bond donors (Lipinski definition) is 1. The van der Waals surface area contributed by atoms with Crippen LogP contribution in [0.4, 0.5) is 10.1 Å². The van der Waals surface area contributed by atoms with Gasteiger partial charge in [0.2, 0.25) is 12.2 Å². The summed E-state index contributed by atoms with van der Waals surface area (Å²) in [5.41, 5.74) is 1.02. The molecule has 2 aliphatic heterocycles. The fourth-order valence-electron chi connectivity index (χ4n) is 4.54. The van der Waals surface area contributed by atoms with E-state index in [2.05, 4.69) is 0 Å². The molecule has 1 saturated heterocycles. The zero-order chi connectivity index (χ0) is 23.0. The van der Waals surface area contributed by atoms with Gasteiger partial charge in [-0.3, -0.25) is 9.59 Å². The fraction of sp³-hybridized carbons (Fsp3) is 0.522. The molecular weight excluding hydrogens is 419 g/mol. The van der Waals surface area contributed by atoms with E-state index in [1.807, 2.05) is 16.4 Å². The molecule has 4 rings (SSSR count). The minimum absolute atomic E-state index is 0.00319. The zero-order valence-corrected chi connectivity index (χ0v) is 18.2. The molecule has 2 aliphatic rings. The fourth-order valence-corrected chi connectivity index (χ4v) is 4.54. The van der Waals surface area contributed by atoms with E-state index in [0.717, 1.165) is 12.0 Å². The Kier molecular flexibility index (Phi) is 6.19. The van der Waals surface area contributed by atoms with Crippen molar-refractivity contribution >= 4 is 28.5 Å². The summed E-state index contributed by atoms with van der Waals surface area (Å²) in [6.45, 7) is 4.08. The number of piperidine rings is 1. The lowest BCUT2D eigenvalue weighted by Crippen LogP contribution is -2.37. The van der Waals surface area contributed by atoms with E-state index in [-0.39, 0.29) is 29.5 Å². The Morgan fingerprint density at radius 2 is 1.94 bits per heavy atom. The van der Waals surface area contributed by atoms with Gasteiger partial charge in [0.05, 0.1) is 17.3 Å². The summed E-state index contributed by atoms with van der Waals surface area (Å²) >= 11 is 0. The number of nitrogens with zero attached hydrogens (tertiary/aromatic N) is 2. The van der Waals surface area contributed by atoms with Gasteiger partial charge in [0.1, 0.15) is 11.4 Å². The molecule has 2 aromatic rings. The maximum atomic E-state index is 15.3. The summed E-state index contributed by atoms with van der Waals surface area (Å²) in [5, 5.41) is 9.95. The van der Waals surface area contributed by atoms with Gasteiger partial charge in [-0.15, -0.1) is 0 Å². The first kappa shape index (κ1) is 22.3. The van der Waals surface area contributed by atoms with E-state index in [0.29, 0.717) is 43.6 Å². The van der Waals surface area contributed by atoms with E-state index in [1.165, 1.54) is 12.3 Å². The van der Waals surface area contributed by atoms with Crippen molar-refractivity contribution in [2.45, 2.75) is 58.1 Å². The Labute approximate surface area is 184 Å². The van der Waals surface area contributed by atoms with Gasteiger partial charge in [-0.1, -0.05) is 6.92 Å². The lowest BCUT2D eigenvalue weighted by Gasteiger charge is -2.36. The van der Waals surface area contributed by atoms with Gasteiger partial charge in [-0.25, -0.2) is 9.18 Å². The van der Waals surface area contributed by atoms with Crippen molar-refractivity contribution in [2.24, 2.45) is 0 Å². The second-order valence-corrected chi connectivity index (χ2v) is 8.39. The number of benzene rings is 1. The maximum absolute atomic E-state index is 15.3. The first-order valence-electron chi connectivity index (χ1n) is 11.0. The summed E-state index contributed by atoms with van der Waals surface area (Å²) in [6, 6.07) is 1.20. The molecule has 1 fully saturated rings. The zero-order valence-electron chi connectivity index (χ0n) is 18.2. The van der Waals surface area contributed by atoms with Crippen molar-refractivity contribution in [3.63, 3.8) is 0 Å². The lowest BCUT2D eigenvalue weighted by atomic mass is 9.93. The molecule has 1 aromatic carbocycles. The largest absolute Gasteiger partial charge is 0.428 e. The summed E-state index contributed by atoms with van der Waals surface area (Å²) in [6.07, 6.45) is 3.68. The Morgan fingerprint density at radius 3 is 2.62 bits per heavy atom. The molecule has 0 aliphatic carbocycles. The van der Waals surface area contributed by atoms with Gasteiger partial charge in [0, 0.05) is 42.7 Å². The van der Waals surface area contributed by atoms with E-state index < -0.39 is 30.0 Å². The van der Waals surface area contributed by atoms with Crippen LogP contribution in [0.15, 0.2) is 17.1 Å². The smallest absolute Gasteiger partial charge is 0.346 e. The highest BCUT2D eigenvalue weighted by atomic mass is 19.1. The van der Waals surface area contributed by atoms with Crippen LogP contribution in [0, 0.1) is 5.82 Å². The van der Waals surface area contributed by atoms with Crippen LogP contribution in [0.25, 0.3) is 10.9 Å². The van der Waals surface area contributed by atoms with Gasteiger partial charge >= 0.3 is 11.9 Å². The molecule has 0 bridgehead atoms. The maximum Gasteiger partial charge on any atom is 0.346 e. The summed E-state index contributed by atoms with van der Waals surface area (Å²) in [4.78, 5) is 38.8. The standard InChI is InChI=1S/C23H27FN2O6/c1-3-19(28)31-12-32-23(30)17-11-26-13(2)4-5-15-20(26)16(22(17)29)10-18(24)21(15)25-8-6-14(27)7-9-25/h10-11,13-14,27H,3-9,12H2,1-2H3/t13-/m0/s1. The normalized spacial score (nSPS) is 18.6. The third kappa shape index (κ3) is 3.97. The highest BCUT2D eigenvalue weighted by Crippen LogP contribution is 2.38. The van der Waals surface area contributed by atoms with Crippen molar-refractivity contribution in [2.75, 3.05) is 24.8 Å². The van der Waals surface area contributed by atoms with Gasteiger partial charge in [0.15, 0.2) is 0 Å². The first-order chi connectivity index (χ1) is 15.3. The molecule has 0 saturated carbocycles. The van der Waals surface area contributed by atoms with E-state index in [1.54, 1.807) is 6.92 Å². The lowest BCUT2D eigenvalue weighted by molar-refractivity contribution is -0.151. The van der Waals surface area contributed by atoms with Gasteiger partial charge < -0.3 is 24.0 Å². The van der Waals surface area contributed by atoms with Crippen LogP contribution in [0.2, 0.25) is 0 Å². The number of rotatable bonds is 5. The minimum Gasteiger partial charge on any atom is -0.428 e. The van der Waals surface area contributed by atoms with Crippen molar-refractivity contribution in [1.82, 2.24) is 4.57 Å². The Morgan fingerprint density at radius 1 is 1.22 bits per heavy atom. The highest BCUT2D eigenvalue weighted by Gasteiger charge is 2.30. The third-order valence-electron chi connectivity index (χ3n) is 6.33. The molecule has 0 unspecified atom stereocenters. The summed E-state index contributed by atoms with van der Waals surface area (Å²) in [5.74, 6) is -1.95. The highest BCUT2D eigenvalue weighted by molar-refractivity contribution is 5.96. The number of pyridine rings is 1. The molecule has 3 heterocycles. The molecular formula is C23H27FN2O6. The molecule has 172 valence electrons. The van der Waals surface area contributed by atoms with Crippen LogP contribution in [0.1, 0.15) is 61.5 Å². The molecule has 0 spiro atoms. The van der Waals surface area contributed by atoms with Crippen LogP contribution < -0.4 is 10.3 Å². The number of carbonyl (C=O) groups excluding carboxylic acids is 2. The Balaban J connectivity index is 1.78. The quantitative estimate of drug-likeness (QED) is 0.557. The molecule has 0 radical (unpaired) electrons. The number of ether oxygens (including phenoxy) is 2.